The fourth-order valence-electron chi connectivity index (χ4n) is 4.69. The molecular weight excluding hydrogens is 428 g/mol. The maximum atomic E-state index is 6.10. The molecule has 5 rings (SSSR count). The highest BCUT2D eigenvalue weighted by Gasteiger charge is 2.20. The Morgan fingerprint density at radius 1 is 0.697 bits per heavy atom. The average Bonchev–Trinajstić information content (AvgIpc) is 3.30. The number of nitrogens with zero attached hydrogens (tertiary/aromatic N) is 4. The lowest BCUT2D eigenvalue weighted by Gasteiger charge is -2.32. The van der Waals surface area contributed by atoms with Gasteiger partial charge >= 0.3 is 0 Å². The van der Waals surface area contributed by atoms with Gasteiger partial charge in [0.25, 0.3) is 0 Å². The van der Waals surface area contributed by atoms with Gasteiger partial charge in [-0.2, -0.15) is 15.0 Å². The maximum absolute atomic E-state index is 6.10. The molecule has 0 unspecified atom stereocenters. The Bertz CT molecular complexity index is 1150. The first kappa shape index (κ1) is 21.9. The number of aromatic nitrogens is 3. The van der Waals surface area contributed by atoms with E-state index in [0.29, 0.717) is 5.92 Å². The van der Waals surface area contributed by atoms with Crippen LogP contribution in [0.4, 0.5) is 0 Å². The van der Waals surface area contributed by atoms with Crippen LogP contribution in [0.5, 0.6) is 0 Å². The lowest BCUT2D eigenvalue weighted by Crippen LogP contribution is -2.34. The monoisotopic (exact) mass is 456 g/mol. The molecular formula is C28H29ClN4. The second-order valence-electron chi connectivity index (χ2n) is 8.75. The number of hydrogen-bond acceptors (Lipinski definition) is 3. The van der Waals surface area contributed by atoms with E-state index < -0.39 is 0 Å². The van der Waals surface area contributed by atoms with E-state index >= 15 is 0 Å². The third-order valence-electron chi connectivity index (χ3n) is 6.51. The zero-order valence-corrected chi connectivity index (χ0v) is 19.5. The molecule has 1 aliphatic heterocycles. The Morgan fingerprint density at radius 2 is 1.27 bits per heavy atom. The highest BCUT2D eigenvalue weighted by molar-refractivity contribution is 6.30. The van der Waals surface area contributed by atoms with Crippen molar-refractivity contribution in [1.82, 2.24) is 19.9 Å². The van der Waals surface area contributed by atoms with Crippen LogP contribution in [0.15, 0.2) is 84.9 Å². The summed E-state index contributed by atoms with van der Waals surface area (Å²) in [7, 11) is 0. The van der Waals surface area contributed by atoms with E-state index in [1.54, 1.807) is 0 Å². The van der Waals surface area contributed by atoms with Gasteiger partial charge in [-0.1, -0.05) is 84.4 Å². The first-order valence-electron chi connectivity index (χ1n) is 11.8. The maximum Gasteiger partial charge on any atom is 0.121 e. The van der Waals surface area contributed by atoms with Gasteiger partial charge in [0.15, 0.2) is 0 Å². The molecule has 0 radical (unpaired) electrons. The topological polar surface area (TPSA) is 34.0 Å². The fourth-order valence-corrected chi connectivity index (χ4v) is 4.82. The SMILES string of the molecule is Clc1ccc(-c2nn(CCCN3CCC(c4ccccc4)CC3)nc2-c2ccccc2)cc1. The summed E-state index contributed by atoms with van der Waals surface area (Å²) in [5.74, 6) is 0.700. The highest BCUT2D eigenvalue weighted by atomic mass is 35.5. The van der Waals surface area contributed by atoms with Gasteiger partial charge in [-0.25, -0.2) is 0 Å². The van der Waals surface area contributed by atoms with Crippen molar-refractivity contribution in [2.24, 2.45) is 0 Å². The summed E-state index contributed by atoms with van der Waals surface area (Å²) >= 11 is 6.10. The van der Waals surface area contributed by atoms with Crippen LogP contribution in [-0.4, -0.2) is 39.5 Å². The smallest absolute Gasteiger partial charge is 0.121 e. The van der Waals surface area contributed by atoms with Crippen LogP contribution in [0.2, 0.25) is 5.02 Å². The third kappa shape index (κ3) is 5.35. The summed E-state index contributed by atoms with van der Waals surface area (Å²) < 4.78 is 0. The normalized spacial score (nSPS) is 15.1. The van der Waals surface area contributed by atoms with Crippen LogP contribution in [0.1, 0.15) is 30.7 Å². The first-order chi connectivity index (χ1) is 16.3. The molecule has 0 amide bonds. The standard InChI is InChI=1S/C28H29ClN4/c29-26-14-12-25(13-15-26)28-27(24-10-5-2-6-11-24)30-33(31-28)19-7-18-32-20-16-23(17-21-32)22-8-3-1-4-9-22/h1-6,8-15,23H,7,16-21H2. The van der Waals surface area contributed by atoms with Crippen molar-refractivity contribution in [2.45, 2.75) is 31.7 Å². The van der Waals surface area contributed by atoms with E-state index in [4.69, 9.17) is 21.8 Å². The molecule has 0 N–H and O–H groups in total. The van der Waals surface area contributed by atoms with Gasteiger partial charge in [-0.05, 0) is 62.5 Å². The van der Waals surface area contributed by atoms with Crippen molar-refractivity contribution < 1.29 is 0 Å². The van der Waals surface area contributed by atoms with Crippen LogP contribution in [-0.2, 0) is 6.54 Å². The predicted octanol–water partition coefficient (Wildman–Crippen LogP) is 6.54. The molecule has 0 bridgehead atoms. The van der Waals surface area contributed by atoms with E-state index in [2.05, 4.69) is 47.4 Å². The number of likely N-dealkylation sites (tertiary alicyclic amines) is 1. The van der Waals surface area contributed by atoms with Crippen molar-refractivity contribution in [3.05, 3.63) is 95.5 Å². The highest BCUT2D eigenvalue weighted by Crippen LogP contribution is 2.30. The average molecular weight is 457 g/mol. The van der Waals surface area contributed by atoms with Gasteiger partial charge in [0.2, 0.25) is 0 Å². The molecule has 5 heteroatoms. The van der Waals surface area contributed by atoms with E-state index in [1.807, 2.05) is 47.3 Å². The predicted molar refractivity (Wildman–Crippen MR) is 135 cm³/mol. The molecule has 168 valence electrons. The third-order valence-corrected chi connectivity index (χ3v) is 6.76. The van der Waals surface area contributed by atoms with E-state index in [-0.39, 0.29) is 0 Å². The zero-order valence-electron chi connectivity index (χ0n) is 18.8. The van der Waals surface area contributed by atoms with Crippen molar-refractivity contribution in [1.29, 1.82) is 0 Å². The van der Waals surface area contributed by atoms with Gasteiger partial charge in [0, 0.05) is 16.1 Å². The Hall–Kier alpha value is -2.95. The minimum atomic E-state index is 0.700. The molecule has 1 aliphatic rings. The second-order valence-corrected chi connectivity index (χ2v) is 9.18. The molecule has 0 aliphatic carbocycles. The Balaban J connectivity index is 1.23. The quantitative estimate of drug-likeness (QED) is 0.317. The summed E-state index contributed by atoms with van der Waals surface area (Å²) in [6, 6.07) is 29.1. The largest absolute Gasteiger partial charge is 0.303 e. The number of benzene rings is 3. The van der Waals surface area contributed by atoms with Gasteiger partial charge in [-0.3, -0.25) is 0 Å². The molecule has 3 aromatic carbocycles. The molecule has 2 heterocycles. The molecule has 4 aromatic rings. The lowest BCUT2D eigenvalue weighted by molar-refractivity contribution is 0.205. The summed E-state index contributed by atoms with van der Waals surface area (Å²) in [5, 5.41) is 10.5. The molecule has 0 spiro atoms. The molecule has 0 saturated carbocycles. The number of aryl methyl sites for hydroxylation is 1. The summed E-state index contributed by atoms with van der Waals surface area (Å²) in [6.07, 6.45) is 3.52. The van der Waals surface area contributed by atoms with Gasteiger partial charge in [-0.15, -0.1) is 0 Å². The first-order valence-corrected chi connectivity index (χ1v) is 12.2. The zero-order chi connectivity index (χ0) is 22.5. The van der Waals surface area contributed by atoms with E-state index in [9.17, 15) is 0 Å². The van der Waals surface area contributed by atoms with Crippen LogP contribution in [0, 0.1) is 0 Å². The number of piperidine rings is 1. The Labute approximate surface area is 200 Å². The van der Waals surface area contributed by atoms with Gasteiger partial charge in [0.1, 0.15) is 11.4 Å². The van der Waals surface area contributed by atoms with Crippen LogP contribution >= 0.6 is 11.6 Å². The Morgan fingerprint density at radius 3 is 1.91 bits per heavy atom. The minimum absolute atomic E-state index is 0.700. The molecule has 0 atom stereocenters. The minimum Gasteiger partial charge on any atom is -0.303 e. The summed E-state index contributed by atoms with van der Waals surface area (Å²) in [4.78, 5) is 4.45. The number of hydrogen-bond donors (Lipinski definition) is 0. The second kappa shape index (κ2) is 10.3. The van der Waals surface area contributed by atoms with Crippen LogP contribution in [0.25, 0.3) is 22.5 Å². The fraction of sp³-hybridized carbons (Fsp3) is 0.286. The molecule has 1 fully saturated rings. The Kier molecular flexibility index (Phi) is 6.84. The molecule has 1 aromatic heterocycles. The summed E-state index contributed by atoms with van der Waals surface area (Å²) in [5.41, 5.74) is 5.42. The van der Waals surface area contributed by atoms with Crippen molar-refractivity contribution in [3.8, 4) is 22.5 Å². The van der Waals surface area contributed by atoms with E-state index in [1.165, 1.54) is 18.4 Å². The van der Waals surface area contributed by atoms with Crippen molar-refractivity contribution in [2.75, 3.05) is 19.6 Å². The number of halogens is 1. The van der Waals surface area contributed by atoms with Crippen molar-refractivity contribution in [3.63, 3.8) is 0 Å². The molecule has 1 saturated heterocycles. The number of rotatable bonds is 7. The van der Waals surface area contributed by atoms with Gasteiger partial charge < -0.3 is 4.90 Å². The molecule has 33 heavy (non-hydrogen) atoms. The summed E-state index contributed by atoms with van der Waals surface area (Å²) in [6.45, 7) is 4.22. The van der Waals surface area contributed by atoms with Gasteiger partial charge in [0.05, 0.1) is 6.54 Å². The molecule has 4 nitrogen and oxygen atoms in total. The van der Waals surface area contributed by atoms with Crippen LogP contribution in [0.3, 0.4) is 0 Å². The van der Waals surface area contributed by atoms with Crippen molar-refractivity contribution >= 4 is 11.6 Å². The van der Waals surface area contributed by atoms with Crippen LogP contribution < -0.4 is 0 Å². The lowest BCUT2D eigenvalue weighted by atomic mass is 9.89. The van der Waals surface area contributed by atoms with E-state index in [0.717, 1.165) is 60.1 Å².